The predicted molar refractivity (Wildman–Crippen MR) is 87.9 cm³/mol. The van der Waals surface area contributed by atoms with Crippen molar-refractivity contribution >= 4 is 21.8 Å². The molecule has 1 aliphatic rings. The van der Waals surface area contributed by atoms with E-state index in [4.69, 9.17) is 4.74 Å². The third-order valence-electron chi connectivity index (χ3n) is 4.05. The summed E-state index contributed by atoms with van der Waals surface area (Å²) in [6, 6.07) is 5.45. The Morgan fingerprint density at radius 1 is 1.38 bits per heavy atom. The summed E-state index contributed by atoms with van der Waals surface area (Å²) in [5, 5.41) is 3.04. The van der Waals surface area contributed by atoms with Gasteiger partial charge in [-0.15, -0.1) is 0 Å². The first kappa shape index (κ1) is 16.3. The molecule has 0 saturated carbocycles. The Labute approximate surface area is 135 Å². The Kier molecular flexibility index (Phi) is 5.27. The minimum Gasteiger partial charge on any atom is -0.496 e. The van der Waals surface area contributed by atoms with Gasteiger partial charge in [0.25, 0.3) is 5.91 Å². The molecule has 1 N–H and O–H groups in total. The molecule has 4 nitrogen and oxygen atoms in total. The number of halogens is 1. The number of carbonyl (C=O) groups is 1. The summed E-state index contributed by atoms with van der Waals surface area (Å²) < 4.78 is 6.13. The lowest BCUT2D eigenvalue weighted by Gasteiger charge is -2.35. The van der Waals surface area contributed by atoms with E-state index in [9.17, 15) is 4.79 Å². The van der Waals surface area contributed by atoms with Gasteiger partial charge in [-0.2, -0.15) is 0 Å². The summed E-state index contributed by atoms with van der Waals surface area (Å²) >= 11 is 3.39. The maximum atomic E-state index is 12.4. The van der Waals surface area contributed by atoms with Gasteiger partial charge in [-0.3, -0.25) is 9.69 Å². The first-order valence-electron chi connectivity index (χ1n) is 7.31. The summed E-state index contributed by atoms with van der Waals surface area (Å²) in [4.78, 5) is 14.8. The van der Waals surface area contributed by atoms with Crippen LogP contribution in [0.3, 0.4) is 0 Å². The molecule has 0 radical (unpaired) electrons. The van der Waals surface area contributed by atoms with E-state index in [1.165, 1.54) is 12.8 Å². The van der Waals surface area contributed by atoms with E-state index in [-0.39, 0.29) is 11.4 Å². The van der Waals surface area contributed by atoms with Crippen molar-refractivity contribution in [3.05, 3.63) is 28.2 Å². The number of rotatable bonds is 5. The molecular formula is C16H23BrN2O2. The van der Waals surface area contributed by atoms with Crippen molar-refractivity contribution in [2.75, 3.05) is 26.7 Å². The molecule has 0 bridgehead atoms. The number of benzene rings is 1. The summed E-state index contributed by atoms with van der Waals surface area (Å²) in [6.07, 6.45) is 2.49. The highest BCUT2D eigenvalue weighted by molar-refractivity contribution is 9.10. The second-order valence-electron chi connectivity index (χ2n) is 6.03. The predicted octanol–water partition coefficient (Wildman–Crippen LogP) is 3.06. The van der Waals surface area contributed by atoms with Crippen LogP contribution in [0.4, 0.5) is 0 Å². The van der Waals surface area contributed by atoms with Crippen molar-refractivity contribution in [1.82, 2.24) is 10.2 Å². The lowest BCUT2D eigenvalue weighted by atomic mass is 10.0. The first-order valence-corrected chi connectivity index (χ1v) is 8.10. The summed E-state index contributed by atoms with van der Waals surface area (Å²) in [7, 11) is 1.58. The number of amides is 1. The average molecular weight is 355 g/mol. The number of methoxy groups -OCH3 is 1. The van der Waals surface area contributed by atoms with Crippen LogP contribution >= 0.6 is 15.9 Å². The van der Waals surface area contributed by atoms with Gasteiger partial charge in [0.15, 0.2) is 0 Å². The van der Waals surface area contributed by atoms with Gasteiger partial charge in [-0.1, -0.05) is 15.9 Å². The van der Waals surface area contributed by atoms with Crippen LogP contribution in [-0.2, 0) is 0 Å². The summed E-state index contributed by atoms with van der Waals surface area (Å²) in [5.74, 6) is 0.495. The molecule has 21 heavy (non-hydrogen) atoms. The molecule has 0 aliphatic carbocycles. The maximum absolute atomic E-state index is 12.4. The zero-order valence-electron chi connectivity index (χ0n) is 12.9. The molecule has 0 spiro atoms. The molecule has 2 rings (SSSR count). The highest BCUT2D eigenvalue weighted by atomic mass is 79.9. The lowest BCUT2D eigenvalue weighted by Crippen LogP contribution is -2.50. The smallest absolute Gasteiger partial charge is 0.255 e. The number of ether oxygens (including phenoxy) is 1. The van der Waals surface area contributed by atoms with Gasteiger partial charge in [0.1, 0.15) is 5.75 Å². The molecule has 0 unspecified atom stereocenters. The maximum Gasteiger partial charge on any atom is 0.255 e. The largest absolute Gasteiger partial charge is 0.496 e. The fraction of sp³-hybridized carbons (Fsp3) is 0.562. The topological polar surface area (TPSA) is 41.6 Å². The second-order valence-corrected chi connectivity index (χ2v) is 6.95. The number of nitrogens with one attached hydrogen (secondary N) is 1. The number of likely N-dealkylation sites (tertiary alicyclic amines) is 1. The highest BCUT2D eigenvalue weighted by Crippen LogP contribution is 2.24. The molecule has 1 aromatic carbocycles. The summed E-state index contributed by atoms with van der Waals surface area (Å²) in [5.41, 5.74) is 0.537. The van der Waals surface area contributed by atoms with Crippen molar-refractivity contribution in [2.24, 2.45) is 0 Å². The number of hydrogen-bond donors (Lipinski definition) is 1. The van der Waals surface area contributed by atoms with Crippen LogP contribution < -0.4 is 10.1 Å². The van der Waals surface area contributed by atoms with Crippen LogP contribution in [0.25, 0.3) is 0 Å². The molecule has 0 aromatic heterocycles. The molecular weight excluding hydrogens is 332 g/mol. The SMILES string of the molecule is COc1ccc(Br)cc1C(=O)NCC(C)(C)N1CCCC1. The van der Waals surface area contributed by atoms with Gasteiger partial charge in [-0.05, 0) is 58.0 Å². The minimum atomic E-state index is -0.0968. The first-order chi connectivity index (χ1) is 9.94. The normalized spacial score (nSPS) is 16.0. The van der Waals surface area contributed by atoms with E-state index in [0.717, 1.165) is 17.6 Å². The Bertz CT molecular complexity index is 511. The average Bonchev–Trinajstić information content (AvgIpc) is 3.00. The van der Waals surface area contributed by atoms with Gasteiger partial charge in [0.2, 0.25) is 0 Å². The minimum absolute atomic E-state index is 0.0224. The van der Waals surface area contributed by atoms with E-state index in [1.54, 1.807) is 19.2 Å². The van der Waals surface area contributed by atoms with Gasteiger partial charge in [0.05, 0.1) is 12.7 Å². The van der Waals surface area contributed by atoms with E-state index >= 15 is 0 Å². The Balaban J connectivity index is 2.03. The zero-order valence-corrected chi connectivity index (χ0v) is 14.5. The van der Waals surface area contributed by atoms with Gasteiger partial charge in [0, 0.05) is 16.6 Å². The Morgan fingerprint density at radius 3 is 2.67 bits per heavy atom. The van der Waals surface area contributed by atoms with Crippen LogP contribution in [-0.4, -0.2) is 43.1 Å². The Hall–Kier alpha value is -1.07. The molecule has 1 aliphatic heterocycles. The van der Waals surface area contributed by atoms with Crippen molar-refractivity contribution < 1.29 is 9.53 Å². The summed E-state index contributed by atoms with van der Waals surface area (Å²) in [6.45, 7) is 7.21. The van der Waals surface area contributed by atoms with Crippen LogP contribution in [0.2, 0.25) is 0 Å². The second kappa shape index (κ2) is 6.79. The highest BCUT2D eigenvalue weighted by Gasteiger charge is 2.29. The standard InChI is InChI=1S/C16H23BrN2O2/c1-16(2,19-8-4-5-9-19)11-18-15(20)13-10-12(17)6-7-14(13)21-3/h6-7,10H,4-5,8-9,11H2,1-3H3,(H,18,20). The van der Waals surface area contributed by atoms with E-state index < -0.39 is 0 Å². The number of carbonyl (C=O) groups excluding carboxylic acids is 1. The molecule has 1 heterocycles. The molecule has 1 amide bonds. The van der Waals surface area contributed by atoms with Gasteiger partial charge < -0.3 is 10.1 Å². The van der Waals surface area contributed by atoms with Gasteiger partial charge in [-0.25, -0.2) is 0 Å². The van der Waals surface area contributed by atoms with Crippen LogP contribution in [0.1, 0.15) is 37.0 Å². The van der Waals surface area contributed by atoms with Crippen LogP contribution in [0.15, 0.2) is 22.7 Å². The van der Waals surface area contributed by atoms with Crippen molar-refractivity contribution in [3.8, 4) is 5.75 Å². The fourth-order valence-electron chi connectivity index (χ4n) is 2.68. The van der Waals surface area contributed by atoms with E-state index in [0.29, 0.717) is 17.9 Å². The fourth-order valence-corrected chi connectivity index (χ4v) is 3.04. The van der Waals surface area contributed by atoms with Crippen LogP contribution in [0, 0.1) is 0 Å². The van der Waals surface area contributed by atoms with E-state index in [1.807, 2.05) is 6.07 Å². The van der Waals surface area contributed by atoms with E-state index in [2.05, 4.69) is 40.0 Å². The zero-order chi connectivity index (χ0) is 15.5. The Morgan fingerprint density at radius 2 is 2.05 bits per heavy atom. The van der Waals surface area contributed by atoms with Crippen molar-refractivity contribution in [3.63, 3.8) is 0 Å². The lowest BCUT2D eigenvalue weighted by molar-refractivity contribution is 0.0899. The third kappa shape index (κ3) is 3.98. The van der Waals surface area contributed by atoms with Crippen molar-refractivity contribution in [2.45, 2.75) is 32.2 Å². The monoisotopic (exact) mass is 354 g/mol. The number of nitrogens with zero attached hydrogens (tertiary/aromatic N) is 1. The molecule has 0 atom stereocenters. The molecule has 1 fully saturated rings. The number of hydrogen-bond acceptors (Lipinski definition) is 3. The molecule has 116 valence electrons. The molecule has 5 heteroatoms. The quantitative estimate of drug-likeness (QED) is 0.883. The van der Waals surface area contributed by atoms with Crippen molar-refractivity contribution in [1.29, 1.82) is 0 Å². The third-order valence-corrected chi connectivity index (χ3v) is 4.54. The molecule has 1 aromatic rings. The van der Waals surface area contributed by atoms with Crippen LogP contribution in [0.5, 0.6) is 5.75 Å². The van der Waals surface area contributed by atoms with Gasteiger partial charge >= 0.3 is 0 Å². The molecule has 1 saturated heterocycles.